The molecular formula is C15H36N4. The van der Waals surface area contributed by atoms with Gasteiger partial charge in [-0.25, -0.2) is 0 Å². The molecular weight excluding hydrogens is 236 g/mol. The molecule has 0 aliphatic heterocycles. The zero-order valence-electron chi connectivity index (χ0n) is 14.6. The van der Waals surface area contributed by atoms with E-state index in [9.17, 15) is 0 Å². The van der Waals surface area contributed by atoms with Crippen molar-refractivity contribution < 1.29 is 0 Å². The van der Waals surface area contributed by atoms with E-state index in [1.54, 1.807) is 0 Å². The summed E-state index contributed by atoms with van der Waals surface area (Å²) >= 11 is 0. The Bertz CT molecular complexity index is 230. The second-order valence-electron chi connectivity index (χ2n) is 6.52. The highest BCUT2D eigenvalue weighted by Crippen LogP contribution is 2.10. The first-order chi connectivity index (χ1) is 8.66. The molecule has 0 fully saturated rings. The predicted molar refractivity (Wildman–Crippen MR) is 85.9 cm³/mol. The van der Waals surface area contributed by atoms with E-state index >= 15 is 0 Å². The lowest BCUT2D eigenvalue weighted by Gasteiger charge is -2.38. The van der Waals surface area contributed by atoms with Crippen molar-refractivity contribution in [3.05, 3.63) is 0 Å². The zero-order valence-corrected chi connectivity index (χ0v) is 14.6. The minimum absolute atomic E-state index is 0.562. The molecule has 0 radical (unpaired) electrons. The molecule has 0 heterocycles. The second-order valence-corrected chi connectivity index (χ2v) is 6.52. The highest BCUT2D eigenvalue weighted by atomic mass is 15.2. The van der Waals surface area contributed by atoms with Crippen LogP contribution < -0.4 is 0 Å². The molecule has 0 aliphatic carbocycles. The van der Waals surface area contributed by atoms with Gasteiger partial charge in [-0.3, -0.25) is 4.90 Å². The van der Waals surface area contributed by atoms with E-state index in [-0.39, 0.29) is 0 Å². The summed E-state index contributed by atoms with van der Waals surface area (Å²) in [6.07, 6.45) is 0. The molecule has 19 heavy (non-hydrogen) atoms. The molecule has 0 spiro atoms. The van der Waals surface area contributed by atoms with Gasteiger partial charge in [0, 0.05) is 37.8 Å². The van der Waals surface area contributed by atoms with Crippen LogP contribution in [0.3, 0.4) is 0 Å². The molecule has 0 aromatic heterocycles. The lowest BCUT2D eigenvalue weighted by Crippen LogP contribution is -2.51. The smallest absolute Gasteiger partial charge is 0.0220 e. The van der Waals surface area contributed by atoms with E-state index in [1.807, 2.05) is 0 Å². The van der Waals surface area contributed by atoms with Gasteiger partial charge in [0.25, 0.3) is 0 Å². The third-order valence-corrected chi connectivity index (χ3v) is 4.36. The van der Waals surface area contributed by atoms with Crippen molar-refractivity contribution in [1.29, 1.82) is 0 Å². The molecule has 0 bridgehead atoms. The van der Waals surface area contributed by atoms with Crippen molar-refractivity contribution in [1.82, 2.24) is 19.6 Å². The van der Waals surface area contributed by atoms with E-state index in [2.05, 4.69) is 82.7 Å². The Morgan fingerprint density at radius 1 is 0.737 bits per heavy atom. The van der Waals surface area contributed by atoms with E-state index in [0.29, 0.717) is 18.1 Å². The maximum absolute atomic E-state index is 2.50. The van der Waals surface area contributed by atoms with Crippen LogP contribution in [0.2, 0.25) is 0 Å². The fraction of sp³-hybridized carbons (Fsp3) is 1.00. The van der Waals surface area contributed by atoms with Crippen LogP contribution in [0.15, 0.2) is 0 Å². The molecule has 0 aromatic rings. The Hall–Kier alpha value is -0.160. The maximum Gasteiger partial charge on any atom is 0.0220 e. The molecule has 0 saturated carbocycles. The number of hydrogen-bond acceptors (Lipinski definition) is 4. The van der Waals surface area contributed by atoms with Crippen LogP contribution in [0.1, 0.15) is 20.8 Å². The molecule has 3 atom stereocenters. The Labute approximate surface area is 121 Å². The summed E-state index contributed by atoms with van der Waals surface area (Å²) in [5, 5.41) is 0. The fourth-order valence-electron chi connectivity index (χ4n) is 2.22. The number of nitrogens with zero attached hydrogens (tertiary/aromatic N) is 4. The Morgan fingerprint density at radius 2 is 1.26 bits per heavy atom. The number of likely N-dealkylation sites (N-methyl/N-ethyl adjacent to an activating group) is 4. The third kappa shape index (κ3) is 7.25. The Kier molecular flexibility index (Phi) is 8.83. The van der Waals surface area contributed by atoms with Gasteiger partial charge in [-0.15, -0.1) is 0 Å². The summed E-state index contributed by atoms with van der Waals surface area (Å²) in [4.78, 5) is 9.45. The molecule has 116 valence electrons. The third-order valence-electron chi connectivity index (χ3n) is 4.36. The van der Waals surface area contributed by atoms with Gasteiger partial charge in [0.05, 0.1) is 0 Å². The normalized spacial score (nSPS) is 17.5. The first-order valence-corrected chi connectivity index (χ1v) is 7.38. The molecule has 4 heteroatoms. The quantitative estimate of drug-likeness (QED) is 0.624. The van der Waals surface area contributed by atoms with Gasteiger partial charge in [-0.1, -0.05) is 0 Å². The van der Waals surface area contributed by atoms with Crippen LogP contribution in [0.5, 0.6) is 0 Å². The molecule has 0 rings (SSSR count). The van der Waals surface area contributed by atoms with Gasteiger partial charge in [0.15, 0.2) is 0 Å². The van der Waals surface area contributed by atoms with Gasteiger partial charge in [0.1, 0.15) is 0 Å². The second kappa shape index (κ2) is 8.90. The van der Waals surface area contributed by atoms with E-state index < -0.39 is 0 Å². The SMILES string of the molecule is C[C@H]([C@H](C)N(C)[C@H](C)CN(C)CCN(C)C)N(C)C. The van der Waals surface area contributed by atoms with Crippen LogP contribution in [-0.2, 0) is 0 Å². The van der Waals surface area contributed by atoms with Gasteiger partial charge in [-0.2, -0.15) is 0 Å². The molecule has 0 amide bonds. The summed E-state index contributed by atoms with van der Waals surface area (Å²) in [6, 6.07) is 1.70. The van der Waals surface area contributed by atoms with Crippen molar-refractivity contribution in [2.45, 2.75) is 38.9 Å². The molecule has 0 saturated heterocycles. The summed E-state index contributed by atoms with van der Waals surface area (Å²) < 4.78 is 0. The lowest BCUT2D eigenvalue weighted by molar-refractivity contribution is 0.0995. The predicted octanol–water partition coefficient (Wildman–Crippen LogP) is 1.14. The van der Waals surface area contributed by atoms with E-state index in [0.717, 1.165) is 19.6 Å². The van der Waals surface area contributed by atoms with Crippen molar-refractivity contribution >= 4 is 0 Å². The van der Waals surface area contributed by atoms with Crippen LogP contribution >= 0.6 is 0 Å². The van der Waals surface area contributed by atoms with Gasteiger partial charge in [0.2, 0.25) is 0 Å². The van der Waals surface area contributed by atoms with Gasteiger partial charge in [-0.05, 0) is 63.1 Å². The van der Waals surface area contributed by atoms with Crippen LogP contribution in [-0.4, -0.2) is 99.6 Å². The van der Waals surface area contributed by atoms with Gasteiger partial charge >= 0.3 is 0 Å². The van der Waals surface area contributed by atoms with Crippen molar-refractivity contribution in [2.75, 3.05) is 61.9 Å². The van der Waals surface area contributed by atoms with E-state index in [4.69, 9.17) is 0 Å². The monoisotopic (exact) mass is 272 g/mol. The Balaban J connectivity index is 4.21. The fourth-order valence-corrected chi connectivity index (χ4v) is 2.22. The minimum atomic E-state index is 0.562. The lowest BCUT2D eigenvalue weighted by atomic mass is 10.1. The first kappa shape index (κ1) is 18.8. The summed E-state index contributed by atoms with van der Waals surface area (Å²) in [5.41, 5.74) is 0. The molecule has 0 aromatic carbocycles. The summed E-state index contributed by atoms with van der Waals surface area (Å²) in [5.74, 6) is 0. The van der Waals surface area contributed by atoms with Crippen molar-refractivity contribution in [2.24, 2.45) is 0 Å². The average molecular weight is 272 g/mol. The maximum atomic E-state index is 2.50. The zero-order chi connectivity index (χ0) is 15.2. The topological polar surface area (TPSA) is 13.0 Å². The first-order valence-electron chi connectivity index (χ1n) is 7.38. The van der Waals surface area contributed by atoms with E-state index in [1.165, 1.54) is 0 Å². The summed E-state index contributed by atoms with van der Waals surface area (Å²) in [7, 11) is 13.0. The largest absolute Gasteiger partial charge is 0.308 e. The highest BCUT2D eigenvalue weighted by Gasteiger charge is 2.23. The minimum Gasteiger partial charge on any atom is -0.308 e. The average Bonchev–Trinajstić information content (AvgIpc) is 2.33. The standard InChI is InChI=1S/C15H36N4/c1-13(12-18(8)11-10-16(4)5)19(9)15(3)14(2)17(6)7/h13-15H,10-12H2,1-9H3/t13-,14-,15+/m1/s1. The Morgan fingerprint density at radius 3 is 1.68 bits per heavy atom. The van der Waals surface area contributed by atoms with Gasteiger partial charge < -0.3 is 14.7 Å². The van der Waals surface area contributed by atoms with Crippen molar-refractivity contribution in [3.63, 3.8) is 0 Å². The summed E-state index contributed by atoms with van der Waals surface area (Å²) in [6.45, 7) is 10.3. The molecule has 0 unspecified atom stereocenters. The molecule has 4 nitrogen and oxygen atoms in total. The van der Waals surface area contributed by atoms with Crippen molar-refractivity contribution in [3.8, 4) is 0 Å². The number of rotatable bonds is 9. The molecule has 0 aliphatic rings. The number of hydrogen-bond donors (Lipinski definition) is 0. The van der Waals surface area contributed by atoms with Crippen LogP contribution in [0.25, 0.3) is 0 Å². The molecule has 0 N–H and O–H groups in total. The highest BCUT2D eigenvalue weighted by molar-refractivity contribution is 4.80. The van der Waals surface area contributed by atoms with Crippen LogP contribution in [0.4, 0.5) is 0 Å². The van der Waals surface area contributed by atoms with Crippen LogP contribution in [0, 0.1) is 0 Å².